The fourth-order valence-corrected chi connectivity index (χ4v) is 6.45. The summed E-state index contributed by atoms with van der Waals surface area (Å²) in [6.45, 7) is 6.56. The van der Waals surface area contributed by atoms with E-state index in [0.29, 0.717) is 24.4 Å². The molecule has 9 heteroatoms. The van der Waals surface area contributed by atoms with Gasteiger partial charge in [0.25, 0.3) is 0 Å². The van der Waals surface area contributed by atoms with Gasteiger partial charge in [-0.05, 0) is 69.3 Å². The summed E-state index contributed by atoms with van der Waals surface area (Å²) >= 11 is 6.28. The molecule has 38 heavy (non-hydrogen) atoms. The van der Waals surface area contributed by atoms with Crippen LogP contribution in [0, 0.1) is 5.92 Å². The molecule has 1 amide bonds. The Morgan fingerprint density at radius 1 is 0.974 bits per heavy atom. The van der Waals surface area contributed by atoms with Gasteiger partial charge >= 0.3 is 0 Å². The van der Waals surface area contributed by atoms with Gasteiger partial charge in [0, 0.05) is 62.1 Å². The van der Waals surface area contributed by atoms with E-state index in [1.165, 1.54) is 25.9 Å². The second-order valence-corrected chi connectivity index (χ2v) is 11.2. The summed E-state index contributed by atoms with van der Waals surface area (Å²) in [6, 6.07) is 10.1. The number of amides is 1. The highest BCUT2D eigenvalue weighted by atomic mass is 35.5. The van der Waals surface area contributed by atoms with Gasteiger partial charge in [-0.2, -0.15) is 0 Å². The van der Waals surface area contributed by atoms with E-state index >= 15 is 0 Å². The van der Waals surface area contributed by atoms with Gasteiger partial charge in [-0.3, -0.25) is 4.79 Å². The first-order chi connectivity index (χ1) is 18.7. The van der Waals surface area contributed by atoms with Crippen LogP contribution >= 0.6 is 11.6 Å². The molecular weight excluding hydrogens is 498 g/mol. The maximum Gasteiger partial charge on any atom is 0.226 e. The van der Waals surface area contributed by atoms with Crippen LogP contribution in [0.2, 0.25) is 5.02 Å². The molecule has 0 aliphatic carbocycles. The van der Waals surface area contributed by atoms with Crippen molar-refractivity contribution in [2.75, 3.05) is 49.5 Å². The average Bonchev–Trinajstić information content (AvgIpc) is 3.64. The van der Waals surface area contributed by atoms with Crippen LogP contribution < -0.4 is 10.2 Å². The summed E-state index contributed by atoms with van der Waals surface area (Å²) in [7, 11) is 0. The molecule has 1 atom stereocenters. The van der Waals surface area contributed by atoms with E-state index in [4.69, 9.17) is 16.6 Å². The van der Waals surface area contributed by atoms with Gasteiger partial charge in [-0.1, -0.05) is 29.8 Å². The number of aromatic nitrogens is 3. The topological polar surface area (TPSA) is 77.5 Å². The second-order valence-electron chi connectivity index (χ2n) is 10.8. The normalized spacial score (nSPS) is 20.9. The quantitative estimate of drug-likeness (QED) is 0.476. The number of halogens is 1. The number of anilines is 2. The molecule has 1 aromatic carbocycles. The highest BCUT2D eigenvalue weighted by Crippen LogP contribution is 2.30. The Bertz CT molecular complexity index is 1270. The van der Waals surface area contributed by atoms with Crippen LogP contribution in [-0.4, -0.2) is 76.0 Å². The third kappa shape index (κ3) is 5.43. The number of rotatable bonds is 7. The zero-order valence-electron chi connectivity index (χ0n) is 21.9. The Morgan fingerprint density at radius 2 is 1.79 bits per heavy atom. The van der Waals surface area contributed by atoms with Gasteiger partial charge in [-0.25, -0.2) is 15.0 Å². The van der Waals surface area contributed by atoms with Crippen molar-refractivity contribution in [3.63, 3.8) is 0 Å². The monoisotopic (exact) mass is 533 g/mol. The third-order valence-corrected chi connectivity index (χ3v) is 8.72. The molecule has 3 aromatic rings. The average molecular weight is 534 g/mol. The molecule has 3 aliphatic heterocycles. The maximum absolute atomic E-state index is 13.5. The first kappa shape index (κ1) is 25.3. The minimum atomic E-state index is 0.109. The van der Waals surface area contributed by atoms with Crippen molar-refractivity contribution >= 4 is 40.2 Å². The molecule has 1 N–H and O–H groups in total. The van der Waals surface area contributed by atoms with Crippen molar-refractivity contribution in [1.29, 1.82) is 0 Å². The third-order valence-electron chi connectivity index (χ3n) is 8.35. The molecule has 8 nitrogen and oxygen atoms in total. The van der Waals surface area contributed by atoms with Gasteiger partial charge in [0.15, 0.2) is 0 Å². The predicted molar refractivity (Wildman–Crippen MR) is 151 cm³/mol. The first-order valence-electron chi connectivity index (χ1n) is 14.0. The van der Waals surface area contributed by atoms with Crippen molar-refractivity contribution in [3.05, 3.63) is 53.3 Å². The number of nitrogens with zero attached hydrogens (tertiary/aromatic N) is 6. The van der Waals surface area contributed by atoms with E-state index in [2.05, 4.69) is 30.0 Å². The molecule has 0 spiro atoms. The number of hydrogen-bond acceptors (Lipinski definition) is 7. The number of pyridine rings is 1. The Kier molecular flexibility index (Phi) is 7.60. The smallest absolute Gasteiger partial charge is 0.226 e. The summed E-state index contributed by atoms with van der Waals surface area (Å²) in [6.07, 6.45) is 10.3. The van der Waals surface area contributed by atoms with Crippen molar-refractivity contribution in [2.24, 2.45) is 5.92 Å². The molecule has 3 aliphatic rings. The minimum Gasteiger partial charge on any atom is -0.356 e. The SMILES string of the molecule is O=C(C1CCN(c2nccc3nc(NCc4ccccc4Cl)ncc23)CC1)N1CCCC1CN1CCCC1. The second kappa shape index (κ2) is 11.4. The van der Waals surface area contributed by atoms with Crippen molar-refractivity contribution in [3.8, 4) is 0 Å². The largest absolute Gasteiger partial charge is 0.356 e. The van der Waals surface area contributed by atoms with E-state index in [0.717, 1.165) is 79.2 Å². The van der Waals surface area contributed by atoms with Crippen molar-refractivity contribution in [1.82, 2.24) is 24.8 Å². The highest BCUT2D eigenvalue weighted by Gasteiger charge is 2.36. The molecule has 3 saturated heterocycles. The van der Waals surface area contributed by atoms with Crippen LogP contribution in [0.3, 0.4) is 0 Å². The number of hydrogen-bond donors (Lipinski definition) is 1. The number of carbonyl (C=O) groups excluding carboxylic acids is 1. The van der Waals surface area contributed by atoms with Crippen LogP contribution in [0.4, 0.5) is 11.8 Å². The molecule has 2 aromatic heterocycles. The standard InChI is InChI=1S/C29H36ClN7O/c30-25-8-2-1-6-22(25)18-32-29-33-19-24-26(34-29)9-12-31-27(24)36-16-10-21(11-17-36)28(38)37-15-5-7-23(37)20-35-13-3-4-14-35/h1-2,6,8-9,12,19,21,23H,3-5,7,10-11,13-18,20H2,(H,32,33,34). The molecular formula is C29H36ClN7O. The van der Waals surface area contributed by atoms with Gasteiger partial charge in [0.2, 0.25) is 11.9 Å². The van der Waals surface area contributed by atoms with Gasteiger partial charge < -0.3 is 20.0 Å². The van der Waals surface area contributed by atoms with Crippen LogP contribution in [0.5, 0.6) is 0 Å². The van der Waals surface area contributed by atoms with Crippen LogP contribution in [0.25, 0.3) is 10.9 Å². The number of likely N-dealkylation sites (tertiary alicyclic amines) is 2. The fraction of sp³-hybridized carbons (Fsp3) is 0.517. The summed E-state index contributed by atoms with van der Waals surface area (Å²) in [5.74, 6) is 1.94. The van der Waals surface area contributed by atoms with E-state index in [1.807, 2.05) is 42.7 Å². The number of fused-ring (bicyclic) bond motifs is 1. The molecule has 6 rings (SSSR count). The van der Waals surface area contributed by atoms with Crippen LogP contribution in [0.1, 0.15) is 44.1 Å². The number of nitrogens with one attached hydrogen (secondary N) is 1. The van der Waals surface area contributed by atoms with E-state index in [1.54, 1.807) is 0 Å². The minimum absolute atomic E-state index is 0.109. The lowest BCUT2D eigenvalue weighted by atomic mass is 9.94. The molecule has 0 bridgehead atoms. The number of piperidine rings is 1. The molecule has 200 valence electrons. The first-order valence-corrected chi connectivity index (χ1v) is 14.4. The van der Waals surface area contributed by atoms with Crippen LogP contribution in [0.15, 0.2) is 42.7 Å². The molecule has 3 fully saturated rings. The molecule has 0 saturated carbocycles. The number of carbonyl (C=O) groups is 1. The molecule has 0 radical (unpaired) electrons. The summed E-state index contributed by atoms with van der Waals surface area (Å²) < 4.78 is 0. The lowest BCUT2D eigenvalue weighted by Gasteiger charge is -2.36. The lowest BCUT2D eigenvalue weighted by Crippen LogP contribution is -2.47. The Morgan fingerprint density at radius 3 is 2.61 bits per heavy atom. The Labute approximate surface area is 229 Å². The summed E-state index contributed by atoms with van der Waals surface area (Å²) in [5.41, 5.74) is 1.86. The Balaban J connectivity index is 1.08. The Hall–Kier alpha value is -2.97. The lowest BCUT2D eigenvalue weighted by molar-refractivity contribution is -0.137. The molecule has 5 heterocycles. The van der Waals surface area contributed by atoms with Crippen molar-refractivity contribution < 1.29 is 4.79 Å². The van der Waals surface area contributed by atoms with E-state index in [9.17, 15) is 4.79 Å². The van der Waals surface area contributed by atoms with E-state index < -0.39 is 0 Å². The highest BCUT2D eigenvalue weighted by molar-refractivity contribution is 6.31. The zero-order chi connectivity index (χ0) is 25.9. The van der Waals surface area contributed by atoms with Gasteiger partial charge in [-0.15, -0.1) is 0 Å². The summed E-state index contributed by atoms with van der Waals surface area (Å²) in [4.78, 5) is 34.5. The maximum atomic E-state index is 13.5. The van der Waals surface area contributed by atoms with Gasteiger partial charge in [0.1, 0.15) is 5.82 Å². The predicted octanol–water partition coefficient (Wildman–Crippen LogP) is 4.59. The van der Waals surface area contributed by atoms with E-state index in [-0.39, 0.29) is 5.92 Å². The number of benzene rings is 1. The fourth-order valence-electron chi connectivity index (χ4n) is 6.25. The molecule has 1 unspecified atom stereocenters. The van der Waals surface area contributed by atoms with Crippen molar-refractivity contribution in [2.45, 2.75) is 51.1 Å². The zero-order valence-corrected chi connectivity index (χ0v) is 22.6. The van der Waals surface area contributed by atoms with Gasteiger partial charge in [0.05, 0.1) is 10.9 Å². The van der Waals surface area contributed by atoms with Crippen LogP contribution in [-0.2, 0) is 11.3 Å². The summed E-state index contributed by atoms with van der Waals surface area (Å²) in [5, 5.41) is 4.94.